The lowest BCUT2D eigenvalue weighted by molar-refractivity contribution is -0.137. The highest BCUT2D eigenvalue weighted by molar-refractivity contribution is 5.68. The first kappa shape index (κ1) is 15.5. The molecule has 0 spiro atoms. The normalized spacial score (nSPS) is 12.5. The first-order valence-electron chi connectivity index (χ1n) is 6.68. The van der Waals surface area contributed by atoms with Crippen LogP contribution in [0.15, 0.2) is 18.2 Å². The van der Waals surface area contributed by atoms with Crippen LogP contribution in [0.1, 0.15) is 56.2 Å². The van der Waals surface area contributed by atoms with Crippen molar-refractivity contribution in [3.8, 4) is 5.75 Å². The lowest BCUT2D eigenvalue weighted by atomic mass is 9.90. The van der Waals surface area contributed by atoms with Gasteiger partial charge in [-0.05, 0) is 30.4 Å². The zero-order chi connectivity index (χ0) is 14.4. The standard InChI is InChI=1S/C15H23NO3/c1-4-10(5-2)11-6-7-14(19-3)12(8-11)13(16)9-15(17)18/h6-8,10,13H,4-5,9,16H2,1-3H3,(H,17,18). The Morgan fingerprint density at radius 2 is 2.00 bits per heavy atom. The second kappa shape index (κ2) is 7.14. The van der Waals surface area contributed by atoms with Crippen molar-refractivity contribution in [3.05, 3.63) is 29.3 Å². The molecule has 0 heterocycles. The summed E-state index contributed by atoms with van der Waals surface area (Å²) in [5, 5.41) is 8.86. The summed E-state index contributed by atoms with van der Waals surface area (Å²) in [4.78, 5) is 10.8. The van der Waals surface area contributed by atoms with Crippen molar-refractivity contribution in [3.63, 3.8) is 0 Å². The Morgan fingerprint density at radius 1 is 1.37 bits per heavy atom. The van der Waals surface area contributed by atoms with Crippen molar-refractivity contribution >= 4 is 5.97 Å². The van der Waals surface area contributed by atoms with E-state index in [1.807, 2.05) is 18.2 Å². The van der Waals surface area contributed by atoms with Gasteiger partial charge in [0, 0.05) is 11.6 Å². The molecule has 4 heteroatoms. The van der Waals surface area contributed by atoms with Gasteiger partial charge in [-0.25, -0.2) is 0 Å². The maximum Gasteiger partial charge on any atom is 0.305 e. The molecule has 1 aromatic rings. The van der Waals surface area contributed by atoms with Crippen LogP contribution in [0, 0.1) is 0 Å². The molecule has 0 aromatic heterocycles. The van der Waals surface area contributed by atoms with E-state index in [9.17, 15) is 4.79 Å². The molecule has 0 fully saturated rings. The Kier molecular flexibility index (Phi) is 5.83. The third-order valence-corrected chi connectivity index (χ3v) is 3.50. The number of ether oxygens (including phenoxy) is 1. The number of carboxylic acids is 1. The van der Waals surface area contributed by atoms with Crippen LogP contribution in [0.3, 0.4) is 0 Å². The highest BCUT2D eigenvalue weighted by Crippen LogP contribution is 2.31. The topological polar surface area (TPSA) is 72.5 Å². The number of methoxy groups -OCH3 is 1. The average Bonchev–Trinajstić information content (AvgIpc) is 2.39. The molecule has 0 radical (unpaired) electrons. The fraction of sp³-hybridized carbons (Fsp3) is 0.533. The quantitative estimate of drug-likeness (QED) is 0.794. The van der Waals surface area contributed by atoms with Crippen molar-refractivity contribution in [1.29, 1.82) is 0 Å². The summed E-state index contributed by atoms with van der Waals surface area (Å²) in [5.41, 5.74) is 7.93. The number of carbonyl (C=O) groups is 1. The highest BCUT2D eigenvalue weighted by Gasteiger charge is 2.17. The molecule has 0 saturated carbocycles. The van der Waals surface area contributed by atoms with Gasteiger partial charge in [0.25, 0.3) is 0 Å². The van der Waals surface area contributed by atoms with Crippen LogP contribution >= 0.6 is 0 Å². The molecule has 3 N–H and O–H groups in total. The molecule has 19 heavy (non-hydrogen) atoms. The molecule has 0 aliphatic rings. The highest BCUT2D eigenvalue weighted by atomic mass is 16.5. The Balaban J connectivity index is 3.11. The maximum atomic E-state index is 10.8. The average molecular weight is 265 g/mol. The second-order valence-electron chi connectivity index (χ2n) is 4.72. The number of hydrogen-bond donors (Lipinski definition) is 2. The monoisotopic (exact) mass is 265 g/mol. The summed E-state index contributed by atoms with van der Waals surface area (Å²) >= 11 is 0. The van der Waals surface area contributed by atoms with E-state index in [0.717, 1.165) is 18.4 Å². The van der Waals surface area contributed by atoms with Gasteiger partial charge in [-0.2, -0.15) is 0 Å². The van der Waals surface area contributed by atoms with Gasteiger partial charge >= 0.3 is 5.97 Å². The maximum absolute atomic E-state index is 10.8. The SMILES string of the molecule is CCC(CC)c1ccc(OC)c(C(N)CC(=O)O)c1. The van der Waals surface area contributed by atoms with Gasteiger partial charge in [0.15, 0.2) is 0 Å². The van der Waals surface area contributed by atoms with E-state index in [1.54, 1.807) is 7.11 Å². The van der Waals surface area contributed by atoms with Crippen molar-refractivity contribution in [2.45, 2.75) is 45.1 Å². The van der Waals surface area contributed by atoms with Crippen LogP contribution in [0.25, 0.3) is 0 Å². The molecule has 0 saturated heterocycles. The predicted molar refractivity (Wildman–Crippen MR) is 75.5 cm³/mol. The largest absolute Gasteiger partial charge is 0.496 e. The predicted octanol–water partition coefficient (Wildman–Crippen LogP) is 3.07. The van der Waals surface area contributed by atoms with Gasteiger partial charge in [-0.1, -0.05) is 26.0 Å². The minimum absolute atomic E-state index is 0.0945. The number of rotatable bonds is 7. The molecular formula is C15H23NO3. The van der Waals surface area contributed by atoms with Crippen molar-refractivity contribution in [1.82, 2.24) is 0 Å². The summed E-state index contributed by atoms with van der Waals surface area (Å²) < 4.78 is 5.28. The zero-order valence-electron chi connectivity index (χ0n) is 11.8. The first-order chi connectivity index (χ1) is 9.03. The molecule has 1 aromatic carbocycles. The zero-order valence-corrected chi connectivity index (χ0v) is 11.8. The van der Waals surface area contributed by atoms with Gasteiger partial charge in [-0.3, -0.25) is 4.79 Å². The van der Waals surface area contributed by atoms with E-state index in [-0.39, 0.29) is 6.42 Å². The fourth-order valence-corrected chi connectivity index (χ4v) is 2.35. The minimum Gasteiger partial charge on any atom is -0.496 e. The summed E-state index contributed by atoms with van der Waals surface area (Å²) in [6.45, 7) is 4.30. The Hall–Kier alpha value is -1.55. The molecule has 106 valence electrons. The lowest BCUT2D eigenvalue weighted by Gasteiger charge is -2.19. The molecule has 0 amide bonds. The van der Waals surface area contributed by atoms with Crippen molar-refractivity contribution in [2.75, 3.05) is 7.11 Å². The molecule has 4 nitrogen and oxygen atoms in total. The summed E-state index contributed by atoms with van der Waals surface area (Å²) in [5.74, 6) is 0.229. The smallest absolute Gasteiger partial charge is 0.305 e. The second-order valence-corrected chi connectivity index (χ2v) is 4.72. The van der Waals surface area contributed by atoms with Gasteiger partial charge in [0.1, 0.15) is 5.75 Å². The number of nitrogens with two attached hydrogens (primary N) is 1. The summed E-state index contributed by atoms with van der Waals surface area (Å²) in [6.07, 6.45) is 2.01. The van der Waals surface area contributed by atoms with Gasteiger partial charge in [0.05, 0.1) is 13.5 Å². The van der Waals surface area contributed by atoms with Crippen molar-refractivity contribution in [2.24, 2.45) is 5.73 Å². The number of carboxylic acid groups (broad SMARTS) is 1. The Labute approximate surface area is 114 Å². The van der Waals surface area contributed by atoms with E-state index in [4.69, 9.17) is 15.6 Å². The van der Waals surface area contributed by atoms with E-state index >= 15 is 0 Å². The number of benzene rings is 1. The summed E-state index contributed by atoms with van der Waals surface area (Å²) in [6, 6.07) is 5.37. The van der Waals surface area contributed by atoms with Crippen LogP contribution in [0.5, 0.6) is 5.75 Å². The third-order valence-electron chi connectivity index (χ3n) is 3.50. The number of aliphatic carboxylic acids is 1. The van der Waals surface area contributed by atoms with Crippen LogP contribution in [0.4, 0.5) is 0 Å². The van der Waals surface area contributed by atoms with E-state index in [1.165, 1.54) is 5.56 Å². The van der Waals surface area contributed by atoms with Crippen molar-refractivity contribution < 1.29 is 14.6 Å². The molecular weight excluding hydrogens is 242 g/mol. The van der Waals surface area contributed by atoms with Crippen LogP contribution < -0.4 is 10.5 Å². The van der Waals surface area contributed by atoms with E-state index < -0.39 is 12.0 Å². The third kappa shape index (κ3) is 3.96. The lowest BCUT2D eigenvalue weighted by Crippen LogP contribution is -2.16. The molecule has 1 unspecified atom stereocenters. The summed E-state index contributed by atoms with van der Waals surface area (Å²) in [7, 11) is 1.57. The van der Waals surface area contributed by atoms with E-state index in [0.29, 0.717) is 11.7 Å². The minimum atomic E-state index is -0.900. The molecule has 0 aliphatic carbocycles. The first-order valence-corrected chi connectivity index (χ1v) is 6.68. The molecule has 1 atom stereocenters. The van der Waals surface area contributed by atoms with E-state index in [2.05, 4.69) is 13.8 Å². The molecule has 1 rings (SSSR count). The van der Waals surface area contributed by atoms with Gasteiger partial charge in [0.2, 0.25) is 0 Å². The molecule has 0 aliphatic heterocycles. The Morgan fingerprint density at radius 3 is 2.47 bits per heavy atom. The van der Waals surface area contributed by atoms with Crippen LogP contribution in [-0.2, 0) is 4.79 Å². The Bertz CT molecular complexity index is 427. The van der Waals surface area contributed by atoms with Gasteiger partial charge < -0.3 is 15.6 Å². The van der Waals surface area contributed by atoms with Gasteiger partial charge in [-0.15, -0.1) is 0 Å². The number of hydrogen-bond acceptors (Lipinski definition) is 3. The van der Waals surface area contributed by atoms with Crippen LogP contribution in [-0.4, -0.2) is 18.2 Å². The molecule has 0 bridgehead atoms. The fourth-order valence-electron chi connectivity index (χ4n) is 2.35. The van der Waals surface area contributed by atoms with Crippen LogP contribution in [0.2, 0.25) is 0 Å².